The van der Waals surface area contributed by atoms with Crippen molar-refractivity contribution in [2.24, 2.45) is 17.6 Å². The first kappa shape index (κ1) is 26.5. The molecule has 0 aliphatic carbocycles. The van der Waals surface area contributed by atoms with E-state index in [1.54, 1.807) is 12.0 Å². The molecule has 2 amide bonds. The second-order valence-corrected chi connectivity index (χ2v) is 9.60. The van der Waals surface area contributed by atoms with Gasteiger partial charge >= 0.3 is 0 Å². The topological polar surface area (TPSA) is 94.8 Å². The number of likely N-dealkylation sites (tertiary alicyclic amines) is 1. The molecule has 2 heterocycles. The number of carbonyl (C=O) groups is 2. The number of carbonyl (C=O) groups excluding carboxylic acids is 2. The first-order valence-electron chi connectivity index (χ1n) is 12.7. The molecule has 2 aromatic rings. The van der Waals surface area contributed by atoms with Gasteiger partial charge in [-0.2, -0.15) is 4.98 Å². The maximum absolute atomic E-state index is 13.3. The second kappa shape index (κ2) is 12.6. The average molecular weight is 482 g/mol. The summed E-state index contributed by atoms with van der Waals surface area (Å²) >= 11 is 0. The minimum atomic E-state index is -0.672. The van der Waals surface area contributed by atoms with Gasteiger partial charge in [-0.25, -0.2) is 0 Å². The maximum atomic E-state index is 13.3. The zero-order valence-electron chi connectivity index (χ0n) is 21.4. The minimum Gasteiger partial charge on any atom is -0.481 e. The Labute approximate surface area is 208 Å². The number of allylic oxidation sites excluding steroid dienone is 2. The van der Waals surface area contributed by atoms with Crippen molar-refractivity contribution in [3.8, 4) is 11.8 Å². The van der Waals surface area contributed by atoms with Crippen molar-refractivity contribution >= 4 is 22.6 Å². The first-order valence-corrected chi connectivity index (χ1v) is 12.7. The number of ether oxygens (including phenoxy) is 2. The van der Waals surface area contributed by atoms with E-state index in [9.17, 15) is 9.59 Å². The van der Waals surface area contributed by atoms with Crippen LogP contribution in [0.4, 0.5) is 0 Å². The number of pyridine rings is 1. The Kier molecular flexibility index (Phi) is 9.52. The van der Waals surface area contributed by atoms with E-state index in [0.29, 0.717) is 37.1 Å². The van der Waals surface area contributed by atoms with Gasteiger partial charge in [0.05, 0.1) is 13.7 Å². The number of methoxy groups -OCH3 is 1. The molecule has 0 spiro atoms. The average Bonchev–Trinajstić information content (AvgIpc) is 3.28. The number of rotatable bonds is 12. The van der Waals surface area contributed by atoms with Crippen molar-refractivity contribution in [3.05, 3.63) is 42.5 Å². The Hall–Kier alpha value is -3.09. The lowest BCUT2D eigenvalue weighted by Gasteiger charge is -2.25. The van der Waals surface area contributed by atoms with Crippen molar-refractivity contribution in [1.82, 2.24) is 9.88 Å². The predicted octanol–water partition coefficient (Wildman–Crippen LogP) is 4.88. The molecule has 4 atom stereocenters. The highest BCUT2D eigenvalue weighted by Crippen LogP contribution is 2.31. The van der Waals surface area contributed by atoms with Crippen LogP contribution in [0.15, 0.2) is 42.5 Å². The Bertz CT molecular complexity index is 1040. The van der Waals surface area contributed by atoms with Gasteiger partial charge in [-0.05, 0) is 49.5 Å². The molecule has 35 heavy (non-hydrogen) atoms. The van der Waals surface area contributed by atoms with E-state index in [1.165, 1.54) is 0 Å². The number of hydrogen-bond acceptors (Lipinski definition) is 5. The number of amides is 2. The lowest BCUT2D eigenvalue weighted by atomic mass is 9.88. The van der Waals surface area contributed by atoms with Crippen LogP contribution < -0.4 is 15.2 Å². The fourth-order valence-corrected chi connectivity index (χ4v) is 4.92. The smallest absolute Gasteiger partial charge is 0.240 e. The number of nitrogens with zero attached hydrogens (tertiary/aromatic N) is 2. The van der Waals surface area contributed by atoms with E-state index >= 15 is 0 Å². The van der Waals surface area contributed by atoms with Crippen molar-refractivity contribution in [2.45, 2.75) is 71.4 Å². The molecule has 0 saturated carbocycles. The van der Waals surface area contributed by atoms with Gasteiger partial charge in [-0.3, -0.25) is 9.59 Å². The molecule has 0 bridgehead atoms. The van der Waals surface area contributed by atoms with Crippen molar-refractivity contribution in [2.75, 3.05) is 13.7 Å². The highest BCUT2D eigenvalue weighted by Gasteiger charge is 2.40. The van der Waals surface area contributed by atoms with Crippen LogP contribution in [-0.2, 0) is 9.59 Å². The highest BCUT2D eigenvalue weighted by atomic mass is 16.5. The van der Waals surface area contributed by atoms with Gasteiger partial charge in [0.1, 0.15) is 12.1 Å². The highest BCUT2D eigenvalue weighted by molar-refractivity contribution is 5.88. The van der Waals surface area contributed by atoms with E-state index in [2.05, 4.69) is 31.0 Å². The third-order valence-corrected chi connectivity index (χ3v) is 6.92. The van der Waals surface area contributed by atoms with E-state index < -0.39 is 11.9 Å². The number of fused-ring (bicyclic) bond motifs is 1. The Morgan fingerprint density at radius 3 is 2.77 bits per heavy atom. The van der Waals surface area contributed by atoms with Crippen LogP contribution in [0.1, 0.15) is 59.3 Å². The number of primary amides is 1. The van der Waals surface area contributed by atoms with E-state index in [4.69, 9.17) is 15.2 Å². The molecule has 2 N–H and O–H groups in total. The Morgan fingerprint density at radius 1 is 1.31 bits per heavy atom. The van der Waals surface area contributed by atoms with E-state index in [-0.39, 0.29) is 17.9 Å². The van der Waals surface area contributed by atoms with Gasteiger partial charge in [-0.15, -0.1) is 0 Å². The third kappa shape index (κ3) is 6.96. The lowest BCUT2D eigenvalue weighted by Crippen LogP contribution is -2.44. The predicted molar refractivity (Wildman–Crippen MR) is 138 cm³/mol. The SMILES string of the molecule is C/C=C\CC[C@@H](C)C[C@@H](CC)CC(=O)N1C[C@H](Oc2nc(OC)cc3ccccc23)C[C@H]1C(N)=O. The number of hydrogen-bond donors (Lipinski definition) is 1. The molecule has 1 fully saturated rings. The van der Waals surface area contributed by atoms with Crippen LogP contribution in [0.25, 0.3) is 10.8 Å². The normalized spacial score (nSPS) is 19.7. The van der Waals surface area contributed by atoms with Crippen LogP contribution >= 0.6 is 0 Å². The summed E-state index contributed by atoms with van der Waals surface area (Å²) in [7, 11) is 1.56. The lowest BCUT2D eigenvalue weighted by molar-refractivity contribution is -0.138. The van der Waals surface area contributed by atoms with Crippen molar-refractivity contribution < 1.29 is 19.1 Å². The van der Waals surface area contributed by atoms with Crippen LogP contribution in [-0.4, -0.2) is 47.5 Å². The Morgan fingerprint density at radius 2 is 2.09 bits per heavy atom. The molecule has 190 valence electrons. The molecule has 1 aliphatic heterocycles. The molecule has 7 nitrogen and oxygen atoms in total. The van der Waals surface area contributed by atoms with Gasteiger partial charge in [-0.1, -0.05) is 50.6 Å². The summed E-state index contributed by atoms with van der Waals surface area (Å²) in [5.74, 6) is 1.17. The molecular formula is C28H39N3O4. The molecule has 1 saturated heterocycles. The molecule has 0 radical (unpaired) electrons. The minimum absolute atomic E-state index is 0.0316. The quantitative estimate of drug-likeness (QED) is 0.436. The van der Waals surface area contributed by atoms with Crippen LogP contribution in [0, 0.1) is 11.8 Å². The number of benzene rings is 1. The second-order valence-electron chi connectivity index (χ2n) is 9.60. The fourth-order valence-electron chi connectivity index (χ4n) is 4.92. The third-order valence-electron chi connectivity index (χ3n) is 6.92. The van der Waals surface area contributed by atoms with Gasteiger partial charge in [0.25, 0.3) is 0 Å². The molecular weight excluding hydrogens is 442 g/mol. The van der Waals surface area contributed by atoms with Gasteiger partial charge in [0.2, 0.25) is 23.6 Å². The molecule has 3 rings (SSSR count). The largest absolute Gasteiger partial charge is 0.481 e. The van der Waals surface area contributed by atoms with E-state index in [0.717, 1.165) is 36.5 Å². The first-order chi connectivity index (χ1) is 16.9. The Balaban J connectivity index is 1.69. The summed E-state index contributed by atoms with van der Waals surface area (Å²) < 4.78 is 11.6. The molecule has 1 aliphatic rings. The zero-order valence-corrected chi connectivity index (χ0v) is 21.4. The van der Waals surface area contributed by atoms with Gasteiger partial charge in [0, 0.05) is 24.3 Å². The summed E-state index contributed by atoms with van der Waals surface area (Å²) in [5.41, 5.74) is 5.70. The molecule has 0 unspecified atom stereocenters. The summed E-state index contributed by atoms with van der Waals surface area (Å²) in [6, 6.07) is 8.94. The zero-order chi connectivity index (χ0) is 25.4. The standard InChI is InChI=1S/C28H39N3O4/c1-5-7-8-11-19(3)14-20(6-2)15-26(32)31-18-22(17-24(31)27(29)33)35-28-23-13-10-9-12-21(23)16-25(30-28)34-4/h5,7,9-10,12-13,16,19-20,22,24H,6,8,11,14-15,17-18H2,1-4H3,(H2,29,33)/b7-5-/t19-,20-,22-,24+/m1/s1. The van der Waals surface area contributed by atoms with Gasteiger partial charge < -0.3 is 20.1 Å². The monoisotopic (exact) mass is 481 g/mol. The summed E-state index contributed by atoms with van der Waals surface area (Å²) in [6.07, 6.45) is 8.75. The molecule has 1 aromatic heterocycles. The van der Waals surface area contributed by atoms with Gasteiger partial charge in [0.15, 0.2) is 0 Å². The maximum Gasteiger partial charge on any atom is 0.240 e. The number of aromatic nitrogens is 1. The van der Waals surface area contributed by atoms with Crippen molar-refractivity contribution in [1.29, 1.82) is 0 Å². The van der Waals surface area contributed by atoms with Crippen LogP contribution in [0.2, 0.25) is 0 Å². The summed E-state index contributed by atoms with van der Waals surface area (Å²) in [6.45, 7) is 6.71. The van der Waals surface area contributed by atoms with Crippen LogP contribution in [0.3, 0.4) is 0 Å². The van der Waals surface area contributed by atoms with E-state index in [1.807, 2.05) is 37.3 Å². The molecule has 1 aromatic carbocycles. The summed E-state index contributed by atoms with van der Waals surface area (Å²) in [4.78, 5) is 31.6. The fraction of sp³-hybridized carbons (Fsp3) is 0.536. The summed E-state index contributed by atoms with van der Waals surface area (Å²) in [5, 5.41) is 1.80. The van der Waals surface area contributed by atoms with Crippen LogP contribution in [0.5, 0.6) is 11.8 Å². The molecule has 7 heteroatoms. The number of nitrogens with two attached hydrogens (primary N) is 1. The van der Waals surface area contributed by atoms with Crippen molar-refractivity contribution in [3.63, 3.8) is 0 Å².